The maximum absolute atomic E-state index is 12.8. The van der Waals surface area contributed by atoms with E-state index in [1.165, 1.54) is 29.0 Å². The Kier molecular flexibility index (Phi) is 10.0. The van der Waals surface area contributed by atoms with E-state index in [4.69, 9.17) is 4.99 Å². The van der Waals surface area contributed by atoms with Gasteiger partial charge in [-0.25, -0.2) is 4.99 Å². The molecule has 3 rings (SSSR count). The van der Waals surface area contributed by atoms with E-state index < -0.39 is 0 Å². The van der Waals surface area contributed by atoms with Crippen molar-refractivity contribution in [1.29, 1.82) is 0 Å². The fourth-order valence-electron chi connectivity index (χ4n) is 4.05. The lowest BCUT2D eigenvalue weighted by atomic mass is 9.88. The second-order valence-corrected chi connectivity index (χ2v) is 8.92. The summed E-state index contributed by atoms with van der Waals surface area (Å²) in [5.74, 6) is 1.51. The van der Waals surface area contributed by atoms with E-state index in [1.54, 1.807) is 0 Å². The van der Waals surface area contributed by atoms with Crippen molar-refractivity contribution in [2.75, 3.05) is 19.6 Å². The molecule has 0 spiro atoms. The molecule has 1 unspecified atom stereocenters. The van der Waals surface area contributed by atoms with Crippen LogP contribution in [0.1, 0.15) is 62.1 Å². The minimum atomic E-state index is 0. The molecule has 2 heterocycles. The van der Waals surface area contributed by atoms with Crippen LogP contribution in [-0.2, 0) is 17.8 Å². The first kappa shape index (κ1) is 23.4. The second-order valence-electron chi connectivity index (χ2n) is 7.67. The third-order valence-electron chi connectivity index (χ3n) is 5.60. The van der Waals surface area contributed by atoms with Crippen molar-refractivity contribution in [2.45, 2.75) is 71.4 Å². The lowest BCUT2D eigenvalue weighted by Crippen LogP contribution is -2.45. The van der Waals surface area contributed by atoms with Gasteiger partial charge in [0.25, 0.3) is 0 Å². The van der Waals surface area contributed by atoms with E-state index in [2.05, 4.69) is 41.5 Å². The Hall–Kier alpha value is -0.830. The molecule has 1 atom stereocenters. The Morgan fingerprint density at radius 3 is 2.61 bits per heavy atom. The monoisotopic (exact) mass is 518 g/mol. The fraction of sp³-hybridized carbons (Fsp3) is 0.714. The van der Waals surface area contributed by atoms with Crippen LogP contribution in [0.5, 0.6) is 0 Å². The van der Waals surface area contributed by atoms with Crippen LogP contribution < -0.4 is 10.6 Å². The molecular weight excluding hydrogens is 483 g/mol. The van der Waals surface area contributed by atoms with Crippen LogP contribution in [0.25, 0.3) is 0 Å². The molecule has 5 nitrogen and oxygen atoms in total. The largest absolute Gasteiger partial charge is 0.357 e. The number of hydrogen-bond donors (Lipinski definition) is 2. The maximum Gasteiger partial charge on any atom is 0.225 e. The van der Waals surface area contributed by atoms with E-state index in [0.717, 1.165) is 51.3 Å². The minimum absolute atomic E-state index is 0. The zero-order valence-corrected chi connectivity index (χ0v) is 20.4. The molecule has 2 N–H and O–H groups in total. The van der Waals surface area contributed by atoms with Crippen LogP contribution >= 0.6 is 35.3 Å². The molecule has 1 aliphatic heterocycles. The van der Waals surface area contributed by atoms with E-state index >= 15 is 0 Å². The molecule has 1 aromatic heterocycles. The van der Waals surface area contributed by atoms with Gasteiger partial charge in [0.1, 0.15) is 0 Å². The van der Waals surface area contributed by atoms with Crippen LogP contribution in [0.15, 0.2) is 17.1 Å². The highest BCUT2D eigenvalue weighted by Gasteiger charge is 2.31. The fourth-order valence-corrected chi connectivity index (χ4v) is 4.94. The van der Waals surface area contributed by atoms with Crippen LogP contribution in [0, 0.1) is 5.92 Å². The number of likely N-dealkylation sites (tertiary alicyclic amines) is 1. The van der Waals surface area contributed by atoms with Crippen molar-refractivity contribution in [3.8, 4) is 0 Å². The molecule has 1 aliphatic carbocycles. The van der Waals surface area contributed by atoms with Gasteiger partial charge in [-0.3, -0.25) is 4.79 Å². The van der Waals surface area contributed by atoms with Crippen molar-refractivity contribution in [2.24, 2.45) is 10.9 Å². The minimum Gasteiger partial charge on any atom is -0.357 e. The van der Waals surface area contributed by atoms with E-state index in [1.807, 2.05) is 11.3 Å². The van der Waals surface area contributed by atoms with Crippen molar-refractivity contribution in [3.05, 3.63) is 21.9 Å². The molecule has 1 saturated heterocycles. The lowest BCUT2D eigenvalue weighted by Gasteiger charge is -2.26. The normalized spacial score (nSPS) is 20.7. The van der Waals surface area contributed by atoms with Crippen molar-refractivity contribution in [3.63, 3.8) is 0 Å². The van der Waals surface area contributed by atoms with Crippen molar-refractivity contribution < 1.29 is 4.79 Å². The molecule has 0 bridgehead atoms. The zero-order chi connectivity index (χ0) is 19.1. The predicted molar refractivity (Wildman–Crippen MR) is 129 cm³/mol. The molecule has 1 amide bonds. The Balaban J connectivity index is 0.00000280. The first-order valence-corrected chi connectivity index (χ1v) is 11.4. The molecule has 7 heteroatoms. The summed E-state index contributed by atoms with van der Waals surface area (Å²) in [6.07, 6.45) is 7.97. The predicted octanol–water partition coefficient (Wildman–Crippen LogP) is 4.16. The molecule has 1 aromatic rings. The highest BCUT2D eigenvalue weighted by atomic mass is 127. The number of hydrogen-bond acceptors (Lipinski definition) is 3. The third kappa shape index (κ3) is 6.61. The summed E-state index contributed by atoms with van der Waals surface area (Å²) in [7, 11) is 0. The highest BCUT2D eigenvalue weighted by Crippen LogP contribution is 2.26. The van der Waals surface area contributed by atoms with Gasteiger partial charge < -0.3 is 15.5 Å². The summed E-state index contributed by atoms with van der Waals surface area (Å²) in [6.45, 7) is 7.50. The molecule has 1 saturated carbocycles. The zero-order valence-electron chi connectivity index (χ0n) is 17.2. The van der Waals surface area contributed by atoms with Crippen LogP contribution in [0.2, 0.25) is 0 Å². The molecule has 158 valence electrons. The van der Waals surface area contributed by atoms with Crippen LogP contribution in [-0.4, -0.2) is 42.4 Å². The molecule has 0 radical (unpaired) electrons. The van der Waals surface area contributed by atoms with Gasteiger partial charge in [0.05, 0.1) is 6.54 Å². The molecule has 2 aliphatic rings. The number of carbonyl (C=O) groups is 1. The molecular formula is C21H35IN4OS. The van der Waals surface area contributed by atoms with Gasteiger partial charge in [0, 0.05) is 41.3 Å². The van der Waals surface area contributed by atoms with Gasteiger partial charge in [0.2, 0.25) is 5.91 Å². The Labute approximate surface area is 190 Å². The number of nitrogens with zero attached hydrogens (tertiary/aromatic N) is 2. The maximum atomic E-state index is 12.8. The smallest absolute Gasteiger partial charge is 0.225 e. The average Bonchev–Trinajstić information content (AvgIpc) is 3.36. The summed E-state index contributed by atoms with van der Waals surface area (Å²) in [5.41, 5.74) is 0. The highest BCUT2D eigenvalue weighted by molar-refractivity contribution is 14.0. The second kappa shape index (κ2) is 12.0. The summed E-state index contributed by atoms with van der Waals surface area (Å²) in [5, 5.41) is 6.89. The van der Waals surface area contributed by atoms with Crippen molar-refractivity contribution >= 4 is 47.2 Å². The molecule has 2 fully saturated rings. The van der Waals surface area contributed by atoms with Crippen LogP contribution in [0.3, 0.4) is 0 Å². The number of rotatable bonds is 6. The standard InChI is InChI=1S/C21H34N4OS.HI/c1-3-18-10-11-19(27-18)14-23-21(22-4-2)24-17-12-13-25(15-17)20(26)16-8-6-5-7-9-16;/h10-11,16-17H,3-9,12-15H2,1-2H3,(H2,22,23,24);1H. The number of aryl methyl sites for hydroxylation is 1. The number of nitrogens with one attached hydrogen (secondary N) is 2. The summed E-state index contributed by atoms with van der Waals surface area (Å²) < 4.78 is 0. The number of guanidine groups is 1. The number of amides is 1. The summed E-state index contributed by atoms with van der Waals surface area (Å²) in [6, 6.07) is 4.67. The van der Waals surface area contributed by atoms with E-state index in [9.17, 15) is 4.79 Å². The Morgan fingerprint density at radius 1 is 1.18 bits per heavy atom. The summed E-state index contributed by atoms with van der Waals surface area (Å²) in [4.78, 5) is 22.3. The SMILES string of the molecule is CCNC(=NCc1ccc(CC)s1)NC1CCN(C(=O)C2CCCCC2)C1.I. The number of halogens is 1. The van der Waals surface area contributed by atoms with Crippen LogP contribution in [0.4, 0.5) is 0 Å². The molecule has 28 heavy (non-hydrogen) atoms. The average molecular weight is 519 g/mol. The quantitative estimate of drug-likeness (QED) is 0.338. The lowest BCUT2D eigenvalue weighted by molar-refractivity contribution is -0.135. The van der Waals surface area contributed by atoms with Gasteiger partial charge in [-0.15, -0.1) is 35.3 Å². The first-order valence-electron chi connectivity index (χ1n) is 10.6. The molecule has 0 aromatic carbocycles. The number of carbonyl (C=O) groups excluding carboxylic acids is 1. The number of aliphatic imine (C=N–C) groups is 1. The summed E-state index contributed by atoms with van der Waals surface area (Å²) >= 11 is 1.84. The van der Waals surface area contributed by atoms with Gasteiger partial charge in [-0.1, -0.05) is 26.2 Å². The van der Waals surface area contributed by atoms with E-state index in [0.29, 0.717) is 18.5 Å². The van der Waals surface area contributed by atoms with Gasteiger partial charge in [-0.2, -0.15) is 0 Å². The first-order chi connectivity index (χ1) is 13.2. The Bertz CT molecular complexity index is 642. The van der Waals surface area contributed by atoms with Gasteiger partial charge in [-0.05, 0) is 44.7 Å². The van der Waals surface area contributed by atoms with Gasteiger partial charge in [0.15, 0.2) is 5.96 Å². The van der Waals surface area contributed by atoms with E-state index in [-0.39, 0.29) is 29.9 Å². The number of thiophene rings is 1. The topological polar surface area (TPSA) is 56.7 Å². The van der Waals surface area contributed by atoms with Crippen molar-refractivity contribution in [1.82, 2.24) is 15.5 Å². The van der Waals surface area contributed by atoms with Gasteiger partial charge >= 0.3 is 0 Å². The third-order valence-corrected chi connectivity index (χ3v) is 6.81. The Morgan fingerprint density at radius 2 is 1.93 bits per heavy atom.